The summed E-state index contributed by atoms with van der Waals surface area (Å²) in [6.45, 7) is 4.13. The van der Waals surface area contributed by atoms with Crippen LogP contribution in [0.1, 0.15) is 56.6 Å². The molecule has 4 rings (SSSR count). The molecule has 3 aromatic rings. The predicted molar refractivity (Wildman–Crippen MR) is 134 cm³/mol. The lowest BCUT2D eigenvalue weighted by Crippen LogP contribution is -2.20. The first kappa shape index (κ1) is 25.8. The Morgan fingerprint density at radius 2 is 1.39 bits per heavy atom. The highest BCUT2D eigenvalue weighted by atomic mass is 19.2. The van der Waals surface area contributed by atoms with E-state index in [1.807, 2.05) is 31.2 Å². The molecule has 0 amide bonds. The van der Waals surface area contributed by atoms with Crippen LogP contribution in [0.3, 0.4) is 0 Å². The molecule has 0 N–H and O–H groups in total. The highest BCUT2D eigenvalue weighted by molar-refractivity contribution is 5.67. The number of halogens is 4. The van der Waals surface area contributed by atoms with Gasteiger partial charge in [0, 0.05) is 5.56 Å². The van der Waals surface area contributed by atoms with Crippen molar-refractivity contribution in [1.82, 2.24) is 0 Å². The predicted octanol–water partition coefficient (Wildman–Crippen LogP) is 8.69. The second-order valence-electron chi connectivity index (χ2n) is 9.10. The topological polar surface area (TPSA) is 18.5 Å². The van der Waals surface area contributed by atoms with Crippen LogP contribution in [0.25, 0.3) is 17.2 Å². The zero-order chi connectivity index (χ0) is 25.7. The van der Waals surface area contributed by atoms with Crippen molar-refractivity contribution in [2.45, 2.75) is 45.4 Å². The Labute approximate surface area is 209 Å². The van der Waals surface area contributed by atoms with Gasteiger partial charge in [-0.1, -0.05) is 42.5 Å². The molecular formula is C30H30F4O2. The van der Waals surface area contributed by atoms with Gasteiger partial charge in [0.25, 0.3) is 0 Å². The molecule has 0 radical (unpaired) electrons. The lowest BCUT2D eigenvalue weighted by Gasteiger charge is -2.29. The number of rotatable bonds is 8. The van der Waals surface area contributed by atoms with Crippen LogP contribution in [0.4, 0.5) is 17.6 Å². The van der Waals surface area contributed by atoms with E-state index in [0.29, 0.717) is 24.0 Å². The van der Waals surface area contributed by atoms with Crippen molar-refractivity contribution in [1.29, 1.82) is 0 Å². The summed E-state index contributed by atoms with van der Waals surface area (Å²) in [5.41, 5.74) is 2.10. The van der Waals surface area contributed by atoms with Gasteiger partial charge in [-0.05, 0) is 86.3 Å². The SMILES string of the molecule is CC=Cc1ccc(-c2ccc(OCC3CCC(c4ccc(OCC)c(F)c4F)CC3)c(F)c2F)cc1. The Balaban J connectivity index is 1.36. The zero-order valence-electron chi connectivity index (χ0n) is 20.5. The van der Waals surface area contributed by atoms with E-state index in [-0.39, 0.29) is 42.1 Å². The van der Waals surface area contributed by atoms with Gasteiger partial charge in [0.1, 0.15) is 0 Å². The Kier molecular flexibility index (Phi) is 8.34. The van der Waals surface area contributed by atoms with Gasteiger partial charge in [0.05, 0.1) is 13.2 Å². The van der Waals surface area contributed by atoms with Gasteiger partial charge < -0.3 is 9.47 Å². The molecular weight excluding hydrogens is 468 g/mol. The van der Waals surface area contributed by atoms with Crippen molar-refractivity contribution in [3.05, 3.63) is 89.0 Å². The lowest BCUT2D eigenvalue weighted by molar-refractivity contribution is 0.191. The molecule has 0 atom stereocenters. The van der Waals surface area contributed by atoms with E-state index in [1.165, 1.54) is 18.2 Å². The largest absolute Gasteiger partial charge is 0.491 e. The highest BCUT2D eigenvalue weighted by Crippen LogP contribution is 2.39. The molecule has 190 valence electrons. The molecule has 6 heteroatoms. The first-order chi connectivity index (χ1) is 17.4. The third-order valence-electron chi connectivity index (χ3n) is 6.77. The minimum Gasteiger partial charge on any atom is -0.491 e. The molecule has 1 fully saturated rings. The van der Waals surface area contributed by atoms with Crippen LogP contribution in [0.15, 0.2) is 54.6 Å². The second-order valence-corrected chi connectivity index (χ2v) is 9.10. The average molecular weight is 499 g/mol. The summed E-state index contributed by atoms with van der Waals surface area (Å²) in [5, 5.41) is 0. The molecule has 0 saturated heterocycles. The average Bonchev–Trinajstić information content (AvgIpc) is 2.89. The second kappa shape index (κ2) is 11.6. The molecule has 0 spiro atoms. The van der Waals surface area contributed by atoms with Gasteiger partial charge >= 0.3 is 0 Å². The summed E-state index contributed by atoms with van der Waals surface area (Å²) in [6.07, 6.45) is 6.61. The fraction of sp³-hybridized carbons (Fsp3) is 0.333. The van der Waals surface area contributed by atoms with Crippen LogP contribution in [0, 0.1) is 29.2 Å². The summed E-state index contributed by atoms with van der Waals surface area (Å²) in [5.74, 6) is -3.93. The minimum absolute atomic E-state index is 0.0771. The number of allylic oxidation sites excluding steroid dienone is 1. The van der Waals surface area contributed by atoms with Crippen molar-refractivity contribution in [3.63, 3.8) is 0 Å². The maximum atomic E-state index is 14.8. The third-order valence-corrected chi connectivity index (χ3v) is 6.77. The monoisotopic (exact) mass is 498 g/mol. The van der Waals surface area contributed by atoms with E-state index in [1.54, 1.807) is 25.1 Å². The van der Waals surface area contributed by atoms with Gasteiger partial charge in [-0.25, -0.2) is 8.78 Å². The molecule has 3 aromatic carbocycles. The Hall–Kier alpha value is -3.28. The fourth-order valence-corrected chi connectivity index (χ4v) is 4.81. The summed E-state index contributed by atoms with van der Waals surface area (Å²) in [4.78, 5) is 0. The van der Waals surface area contributed by atoms with E-state index < -0.39 is 23.3 Å². The molecule has 0 bridgehead atoms. The molecule has 0 unspecified atom stereocenters. The Morgan fingerprint density at radius 3 is 2.06 bits per heavy atom. The molecule has 0 aromatic heterocycles. The van der Waals surface area contributed by atoms with E-state index in [9.17, 15) is 17.6 Å². The van der Waals surface area contributed by atoms with Crippen molar-refractivity contribution in [3.8, 4) is 22.6 Å². The van der Waals surface area contributed by atoms with Crippen LogP contribution in [0.2, 0.25) is 0 Å². The number of hydrogen-bond acceptors (Lipinski definition) is 2. The quantitative estimate of drug-likeness (QED) is 0.289. The maximum absolute atomic E-state index is 14.8. The summed E-state index contributed by atoms with van der Waals surface area (Å²) in [6, 6.07) is 13.3. The van der Waals surface area contributed by atoms with Crippen molar-refractivity contribution in [2.75, 3.05) is 13.2 Å². The summed E-state index contributed by atoms with van der Waals surface area (Å²) >= 11 is 0. The highest BCUT2D eigenvalue weighted by Gasteiger charge is 2.27. The van der Waals surface area contributed by atoms with Crippen LogP contribution in [0.5, 0.6) is 11.5 Å². The fourth-order valence-electron chi connectivity index (χ4n) is 4.81. The zero-order valence-corrected chi connectivity index (χ0v) is 20.5. The molecule has 0 aliphatic heterocycles. The van der Waals surface area contributed by atoms with Gasteiger partial charge in [-0.15, -0.1) is 0 Å². The number of benzene rings is 3. The number of ether oxygens (including phenoxy) is 2. The van der Waals surface area contributed by atoms with Crippen molar-refractivity contribution in [2.24, 2.45) is 5.92 Å². The lowest BCUT2D eigenvalue weighted by atomic mass is 9.79. The maximum Gasteiger partial charge on any atom is 0.201 e. The Bertz CT molecular complexity index is 1210. The smallest absolute Gasteiger partial charge is 0.201 e. The molecule has 36 heavy (non-hydrogen) atoms. The first-order valence-electron chi connectivity index (χ1n) is 12.4. The van der Waals surface area contributed by atoms with Crippen LogP contribution >= 0.6 is 0 Å². The minimum atomic E-state index is -1.01. The summed E-state index contributed by atoms with van der Waals surface area (Å²) in [7, 11) is 0. The van der Waals surface area contributed by atoms with Crippen LogP contribution < -0.4 is 9.47 Å². The van der Waals surface area contributed by atoms with Crippen LogP contribution in [-0.4, -0.2) is 13.2 Å². The molecule has 2 nitrogen and oxygen atoms in total. The van der Waals surface area contributed by atoms with E-state index in [0.717, 1.165) is 18.4 Å². The van der Waals surface area contributed by atoms with Crippen LogP contribution in [-0.2, 0) is 0 Å². The summed E-state index contributed by atoms with van der Waals surface area (Å²) < 4.78 is 69.2. The standard InChI is InChI=1S/C30H30F4O2/c1-3-5-19-6-10-21(11-7-19)24-15-17-26(30(34)28(24)32)36-18-20-8-12-22(13-9-20)23-14-16-25(35-4-2)29(33)27(23)31/h3,5-7,10-11,14-17,20,22H,4,8-9,12-13,18H2,1-2H3. The molecule has 1 aliphatic carbocycles. The molecule has 1 aliphatic rings. The first-order valence-corrected chi connectivity index (χ1v) is 12.4. The normalized spacial score (nSPS) is 17.9. The van der Waals surface area contributed by atoms with E-state index in [4.69, 9.17) is 9.47 Å². The van der Waals surface area contributed by atoms with Gasteiger partial charge in [0.15, 0.2) is 23.1 Å². The molecule has 0 heterocycles. The van der Waals surface area contributed by atoms with E-state index in [2.05, 4.69) is 0 Å². The molecule has 1 saturated carbocycles. The van der Waals surface area contributed by atoms with Gasteiger partial charge in [-0.3, -0.25) is 0 Å². The van der Waals surface area contributed by atoms with Crippen molar-refractivity contribution < 1.29 is 27.0 Å². The Morgan fingerprint density at radius 1 is 0.750 bits per heavy atom. The number of hydrogen-bond donors (Lipinski definition) is 0. The van der Waals surface area contributed by atoms with E-state index >= 15 is 0 Å². The third kappa shape index (κ3) is 5.58. The van der Waals surface area contributed by atoms with Gasteiger partial charge in [-0.2, -0.15) is 8.78 Å². The van der Waals surface area contributed by atoms with Crippen molar-refractivity contribution >= 4 is 6.08 Å². The van der Waals surface area contributed by atoms with Gasteiger partial charge in [0.2, 0.25) is 11.6 Å².